The smallest absolute Gasteiger partial charge is 0.305 e. The molecule has 1 aromatic carbocycles. The third-order valence-corrected chi connectivity index (χ3v) is 4.86. The summed E-state index contributed by atoms with van der Waals surface area (Å²) in [7, 11) is 0. The van der Waals surface area contributed by atoms with Crippen LogP contribution in [0, 0.1) is 0 Å². The van der Waals surface area contributed by atoms with Crippen LogP contribution in [0.5, 0.6) is 0 Å². The lowest BCUT2D eigenvalue weighted by atomic mass is 9.87. The molecule has 192 valence electrons. The molecule has 12 heteroatoms. The van der Waals surface area contributed by atoms with Crippen molar-refractivity contribution in [2.24, 2.45) is 0 Å². The van der Waals surface area contributed by atoms with Gasteiger partial charge in [-0.15, -0.1) is 0 Å². The summed E-state index contributed by atoms with van der Waals surface area (Å²) < 4.78 is 32.5. The summed E-state index contributed by atoms with van der Waals surface area (Å²) in [5.74, 6) is -6.00. The van der Waals surface area contributed by atoms with Crippen LogP contribution in [0.4, 0.5) is 0 Å². The number of carbonyl (C=O) groups is 5. The van der Waals surface area contributed by atoms with Gasteiger partial charge in [0.2, 0.25) is 6.10 Å². The molecule has 1 aliphatic rings. The summed E-state index contributed by atoms with van der Waals surface area (Å²) in [6.45, 7) is 4.81. The summed E-state index contributed by atoms with van der Waals surface area (Å²) in [5.41, 5.74) is 0.720. The molecular weight excluding hydrogens is 468 g/mol. The van der Waals surface area contributed by atoms with E-state index in [0.717, 1.165) is 27.7 Å². The summed E-state index contributed by atoms with van der Waals surface area (Å²) in [4.78, 5) is 59.1. The highest BCUT2D eigenvalue weighted by Crippen LogP contribution is 2.43. The third-order valence-electron chi connectivity index (χ3n) is 4.86. The number of aliphatic hydroxyl groups is 1. The van der Waals surface area contributed by atoms with Gasteiger partial charge in [0.05, 0.1) is 6.61 Å². The average Bonchev–Trinajstić information content (AvgIpc) is 2.75. The van der Waals surface area contributed by atoms with E-state index in [9.17, 15) is 29.1 Å². The maximum Gasteiger partial charge on any atom is 0.305 e. The normalized spacial score (nSPS) is 25.7. The molecule has 0 aliphatic carbocycles. The number of hydrogen-bond acceptors (Lipinski definition) is 12. The second-order valence-electron chi connectivity index (χ2n) is 7.76. The second-order valence-corrected chi connectivity index (χ2v) is 7.76. The summed E-state index contributed by atoms with van der Waals surface area (Å²) >= 11 is 0. The predicted octanol–water partition coefficient (Wildman–Crippen LogP) is 0.652. The minimum atomic E-state index is -2.21. The van der Waals surface area contributed by atoms with Crippen molar-refractivity contribution in [3.05, 3.63) is 35.4 Å². The van der Waals surface area contributed by atoms with E-state index in [-0.39, 0.29) is 12.2 Å². The topological polar surface area (TPSA) is 161 Å². The van der Waals surface area contributed by atoms with Gasteiger partial charge in [0.15, 0.2) is 12.2 Å². The van der Waals surface area contributed by atoms with E-state index >= 15 is 0 Å². The van der Waals surface area contributed by atoms with E-state index in [1.807, 2.05) is 0 Å². The fraction of sp³-hybridized carbons (Fsp3) is 0.522. The summed E-state index contributed by atoms with van der Waals surface area (Å²) in [5, 5.41) is 10.0. The van der Waals surface area contributed by atoms with Crippen molar-refractivity contribution in [2.75, 3.05) is 6.61 Å². The monoisotopic (exact) mass is 496 g/mol. The molecule has 5 atom stereocenters. The van der Waals surface area contributed by atoms with Crippen molar-refractivity contribution in [3.63, 3.8) is 0 Å². The fourth-order valence-electron chi connectivity index (χ4n) is 3.68. The number of esters is 5. The Labute approximate surface area is 201 Å². The predicted molar refractivity (Wildman–Crippen MR) is 114 cm³/mol. The molecule has 0 amide bonds. The van der Waals surface area contributed by atoms with Gasteiger partial charge < -0.3 is 33.5 Å². The van der Waals surface area contributed by atoms with Crippen LogP contribution < -0.4 is 0 Å². The molecule has 1 aliphatic heterocycles. The average molecular weight is 496 g/mol. The number of benzene rings is 1. The number of hydrogen-bond donors (Lipinski definition) is 1. The molecule has 0 unspecified atom stereocenters. The highest BCUT2D eigenvalue weighted by molar-refractivity contribution is 5.70. The molecule has 35 heavy (non-hydrogen) atoms. The van der Waals surface area contributed by atoms with Crippen molar-refractivity contribution in [3.8, 4) is 0 Å². The van der Waals surface area contributed by atoms with E-state index in [1.165, 1.54) is 19.1 Å². The quantitative estimate of drug-likeness (QED) is 0.396. The highest BCUT2D eigenvalue weighted by atomic mass is 16.8. The first-order valence-electron chi connectivity index (χ1n) is 10.6. The molecule has 1 saturated heterocycles. The molecular formula is C23H28O12. The van der Waals surface area contributed by atoms with Gasteiger partial charge in [-0.2, -0.15) is 0 Å². The highest BCUT2D eigenvalue weighted by Gasteiger charge is 2.62. The first-order chi connectivity index (χ1) is 16.4. The standard InChI is InChI=1S/C23H28O12/c1-12(25)30-11-17-6-8-18(9-7-17)23(34-16(5)29)22(33-15(4)28)21(32-14(3)27)20(31-13(2)26)19(10-24)35-23/h6-9,19-22,24H,10-11H2,1-5H3/t19-,20-,21+,22-,23-/m1/s1. The molecule has 1 N–H and O–H groups in total. The Morgan fingerprint density at radius 3 is 1.80 bits per heavy atom. The minimum absolute atomic E-state index is 0.0335. The zero-order valence-corrected chi connectivity index (χ0v) is 20.0. The molecule has 1 aromatic rings. The number of rotatable bonds is 8. The Morgan fingerprint density at radius 1 is 0.800 bits per heavy atom. The molecule has 1 heterocycles. The van der Waals surface area contributed by atoms with Crippen LogP contribution in [0.3, 0.4) is 0 Å². The third kappa shape index (κ3) is 6.99. The van der Waals surface area contributed by atoms with Crippen LogP contribution in [0.25, 0.3) is 0 Å². The molecule has 0 aromatic heterocycles. The molecule has 0 spiro atoms. The van der Waals surface area contributed by atoms with Crippen molar-refractivity contribution in [1.29, 1.82) is 0 Å². The Bertz CT molecular complexity index is 956. The number of ether oxygens (including phenoxy) is 6. The van der Waals surface area contributed by atoms with Gasteiger partial charge in [-0.05, 0) is 5.56 Å². The van der Waals surface area contributed by atoms with Gasteiger partial charge in [0.25, 0.3) is 5.79 Å². The number of aliphatic hydroxyl groups excluding tert-OH is 1. The number of carbonyl (C=O) groups excluding carboxylic acids is 5. The second kappa shape index (κ2) is 11.8. The summed E-state index contributed by atoms with van der Waals surface area (Å²) in [6.07, 6.45) is -5.92. The first kappa shape index (κ1) is 27.7. The SMILES string of the molecule is CC(=O)OCc1ccc([C@@]2(OC(C)=O)O[C@H](CO)[C@@H](OC(C)=O)[C@H](OC(C)=O)[C@H]2OC(C)=O)cc1. The van der Waals surface area contributed by atoms with Gasteiger partial charge in [0, 0.05) is 40.2 Å². The zero-order valence-electron chi connectivity index (χ0n) is 20.0. The minimum Gasteiger partial charge on any atom is -0.461 e. The maximum atomic E-state index is 12.2. The van der Waals surface area contributed by atoms with Gasteiger partial charge >= 0.3 is 29.8 Å². The van der Waals surface area contributed by atoms with Gasteiger partial charge in [0.1, 0.15) is 12.7 Å². The Hall–Kier alpha value is -3.51. The molecule has 2 rings (SSSR count). The molecule has 0 bridgehead atoms. The maximum absolute atomic E-state index is 12.2. The lowest BCUT2D eigenvalue weighted by molar-refractivity contribution is -0.361. The van der Waals surface area contributed by atoms with E-state index < -0.39 is 66.7 Å². The van der Waals surface area contributed by atoms with Crippen LogP contribution in [0.2, 0.25) is 0 Å². The lowest BCUT2D eigenvalue weighted by Crippen LogP contribution is -2.67. The van der Waals surface area contributed by atoms with E-state index in [2.05, 4.69) is 0 Å². The van der Waals surface area contributed by atoms with Crippen molar-refractivity contribution < 1.29 is 57.5 Å². The first-order valence-corrected chi connectivity index (χ1v) is 10.6. The van der Waals surface area contributed by atoms with Gasteiger partial charge in [-0.3, -0.25) is 24.0 Å². The largest absolute Gasteiger partial charge is 0.461 e. The zero-order chi connectivity index (χ0) is 26.3. The lowest BCUT2D eigenvalue weighted by Gasteiger charge is -2.50. The molecule has 0 radical (unpaired) electrons. The van der Waals surface area contributed by atoms with E-state index in [1.54, 1.807) is 12.1 Å². The molecule has 0 saturated carbocycles. The Kier molecular flexibility index (Phi) is 9.32. The van der Waals surface area contributed by atoms with Crippen LogP contribution in [0.15, 0.2) is 24.3 Å². The van der Waals surface area contributed by atoms with Crippen molar-refractivity contribution in [2.45, 2.75) is 71.4 Å². The summed E-state index contributed by atoms with van der Waals surface area (Å²) in [6, 6.07) is 6.02. The van der Waals surface area contributed by atoms with Gasteiger partial charge in [-0.1, -0.05) is 24.3 Å². The van der Waals surface area contributed by atoms with Crippen molar-refractivity contribution in [1.82, 2.24) is 0 Å². The van der Waals surface area contributed by atoms with Crippen LogP contribution in [-0.2, 0) is 64.8 Å². The van der Waals surface area contributed by atoms with Crippen LogP contribution in [0.1, 0.15) is 45.7 Å². The molecule has 1 fully saturated rings. The Balaban J connectivity index is 2.69. The van der Waals surface area contributed by atoms with Crippen LogP contribution >= 0.6 is 0 Å². The van der Waals surface area contributed by atoms with Gasteiger partial charge in [-0.25, -0.2) is 0 Å². The fourth-order valence-corrected chi connectivity index (χ4v) is 3.68. The van der Waals surface area contributed by atoms with Crippen molar-refractivity contribution >= 4 is 29.8 Å². The van der Waals surface area contributed by atoms with Crippen LogP contribution in [-0.4, -0.2) is 66.0 Å². The van der Waals surface area contributed by atoms with E-state index in [0.29, 0.717) is 5.56 Å². The van der Waals surface area contributed by atoms with E-state index in [4.69, 9.17) is 28.4 Å². The Morgan fingerprint density at radius 2 is 1.34 bits per heavy atom. The molecule has 12 nitrogen and oxygen atoms in total.